The molecule has 0 aliphatic heterocycles. The van der Waals surface area contributed by atoms with Crippen LogP contribution < -0.4 is 18.9 Å². The topological polar surface area (TPSA) is 91.7 Å². The minimum Gasteiger partial charge on any atom is -0.495 e. The van der Waals surface area contributed by atoms with Gasteiger partial charge in [-0.05, 0) is 48.0 Å². The summed E-state index contributed by atoms with van der Waals surface area (Å²) in [5.74, 6) is -0.824. The number of hydrogen-bond acceptors (Lipinski definition) is 6. The third-order valence-corrected chi connectivity index (χ3v) is 7.76. The number of methoxy groups -OCH3 is 2. The predicted molar refractivity (Wildman–Crippen MR) is 146 cm³/mol. The monoisotopic (exact) mass is 565 g/mol. The average Bonchev–Trinajstić information content (AvgIpc) is 3.30. The molecule has 0 spiro atoms. The summed E-state index contributed by atoms with van der Waals surface area (Å²) >= 11 is 0. The molecular formula is C29H25F2N3O5S. The zero-order valence-electron chi connectivity index (χ0n) is 21.8. The van der Waals surface area contributed by atoms with E-state index in [0.717, 1.165) is 23.0 Å². The van der Waals surface area contributed by atoms with Crippen LogP contribution in [0.15, 0.2) is 84.0 Å². The molecule has 0 atom stereocenters. The highest BCUT2D eigenvalue weighted by Gasteiger charge is 2.21. The minimum atomic E-state index is -3.91. The SMILES string of the molecule is COc1ccccc1S(=O)(=O)NCc1ccc(Oc2ccc(F)cc2F)c(-c2cn(C)c3c(OC)nccc23)c1. The van der Waals surface area contributed by atoms with Gasteiger partial charge in [0.15, 0.2) is 11.6 Å². The van der Waals surface area contributed by atoms with Crippen LogP contribution in [0.4, 0.5) is 8.78 Å². The lowest BCUT2D eigenvalue weighted by Gasteiger charge is -2.15. The molecule has 5 aromatic rings. The molecule has 40 heavy (non-hydrogen) atoms. The number of rotatable bonds is 9. The summed E-state index contributed by atoms with van der Waals surface area (Å²) in [5.41, 5.74) is 2.60. The molecule has 206 valence electrons. The van der Waals surface area contributed by atoms with Crippen LogP contribution in [0.3, 0.4) is 0 Å². The lowest BCUT2D eigenvalue weighted by molar-refractivity contribution is 0.401. The Morgan fingerprint density at radius 2 is 1.68 bits per heavy atom. The fraction of sp³-hybridized carbons (Fsp3) is 0.138. The number of pyridine rings is 1. The quantitative estimate of drug-likeness (QED) is 0.243. The number of nitrogens with zero attached hydrogens (tertiary/aromatic N) is 2. The van der Waals surface area contributed by atoms with E-state index < -0.39 is 21.7 Å². The fourth-order valence-electron chi connectivity index (χ4n) is 4.44. The Balaban J connectivity index is 1.58. The van der Waals surface area contributed by atoms with E-state index in [2.05, 4.69) is 9.71 Å². The van der Waals surface area contributed by atoms with Crippen molar-refractivity contribution in [2.45, 2.75) is 11.4 Å². The number of para-hydroxylation sites is 1. The van der Waals surface area contributed by atoms with Crippen LogP contribution in [0.25, 0.3) is 22.0 Å². The van der Waals surface area contributed by atoms with Crippen molar-refractivity contribution in [2.24, 2.45) is 7.05 Å². The van der Waals surface area contributed by atoms with Crippen LogP contribution in [-0.4, -0.2) is 32.2 Å². The van der Waals surface area contributed by atoms with Gasteiger partial charge in [-0.2, -0.15) is 0 Å². The smallest absolute Gasteiger partial charge is 0.244 e. The van der Waals surface area contributed by atoms with Gasteiger partial charge in [-0.15, -0.1) is 0 Å². The minimum absolute atomic E-state index is 0.0121. The Hall–Kier alpha value is -4.48. The summed E-state index contributed by atoms with van der Waals surface area (Å²) in [7, 11) is 0.851. The van der Waals surface area contributed by atoms with Gasteiger partial charge in [-0.1, -0.05) is 18.2 Å². The third kappa shape index (κ3) is 5.21. The van der Waals surface area contributed by atoms with Gasteiger partial charge >= 0.3 is 0 Å². The molecule has 0 saturated carbocycles. The van der Waals surface area contributed by atoms with E-state index in [1.165, 1.54) is 26.4 Å². The van der Waals surface area contributed by atoms with Gasteiger partial charge < -0.3 is 18.8 Å². The molecule has 0 unspecified atom stereocenters. The fourth-order valence-corrected chi connectivity index (χ4v) is 5.63. The van der Waals surface area contributed by atoms with Crippen molar-refractivity contribution in [3.05, 3.63) is 96.3 Å². The van der Waals surface area contributed by atoms with Crippen molar-refractivity contribution in [1.29, 1.82) is 0 Å². The number of aromatic nitrogens is 2. The Kier molecular flexibility index (Phi) is 7.42. The van der Waals surface area contributed by atoms with Gasteiger partial charge in [-0.3, -0.25) is 0 Å². The molecule has 5 rings (SSSR count). The molecule has 1 N–H and O–H groups in total. The second-order valence-electron chi connectivity index (χ2n) is 8.85. The Morgan fingerprint density at radius 1 is 0.900 bits per heavy atom. The Morgan fingerprint density at radius 3 is 2.42 bits per heavy atom. The average molecular weight is 566 g/mol. The highest BCUT2D eigenvalue weighted by atomic mass is 32.2. The van der Waals surface area contributed by atoms with Gasteiger partial charge in [0.05, 0.1) is 14.2 Å². The molecule has 3 aromatic carbocycles. The van der Waals surface area contributed by atoms with Crippen molar-refractivity contribution in [2.75, 3.05) is 14.2 Å². The predicted octanol–water partition coefficient (Wildman–Crippen LogP) is 5.81. The maximum absolute atomic E-state index is 14.5. The first-order chi connectivity index (χ1) is 19.2. The zero-order chi connectivity index (χ0) is 28.4. The number of sulfonamides is 1. The van der Waals surface area contributed by atoms with Gasteiger partial charge in [0, 0.05) is 48.6 Å². The first kappa shape index (κ1) is 27.1. The van der Waals surface area contributed by atoms with Crippen LogP contribution >= 0.6 is 0 Å². The normalized spacial score (nSPS) is 11.5. The van der Waals surface area contributed by atoms with E-state index in [-0.39, 0.29) is 28.7 Å². The van der Waals surface area contributed by atoms with Gasteiger partial charge in [0.25, 0.3) is 0 Å². The number of halogens is 2. The molecule has 0 bridgehead atoms. The third-order valence-electron chi connectivity index (χ3n) is 6.32. The van der Waals surface area contributed by atoms with E-state index in [9.17, 15) is 17.2 Å². The lowest BCUT2D eigenvalue weighted by atomic mass is 10.0. The van der Waals surface area contributed by atoms with Crippen molar-refractivity contribution in [1.82, 2.24) is 14.3 Å². The van der Waals surface area contributed by atoms with Crippen LogP contribution in [0.5, 0.6) is 23.1 Å². The molecule has 8 nitrogen and oxygen atoms in total. The van der Waals surface area contributed by atoms with Crippen LogP contribution in [0, 0.1) is 11.6 Å². The largest absolute Gasteiger partial charge is 0.495 e. The van der Waals surface area contributed by atoms with Gasteiger partial charge in [0.2, 0.25) is 15.9 Å². The van der Waals surface area contributed by atoms with E-state index in [0.29, 0.717) is 22.6 Å². The first-order valence-electron chi connectivity index (χ1n) is 12.1. The summed E-state index contributed by atoms with van der Waals surface area (Å²) in [6, 6.07) is 16.2. The number of aryl methyl sites for hydroxylation is 1. The second kappa shape index (κ2) is 10.9. The number of benzene rings is 3. The second-order valence-corrected chi connectivity index (χ2v) is 10.6. The highest BCUT2D eigenvalue weighted by Crippen LogP contribution is 2.41. The van der Waals surface area contributed by atoms with Crippen molar-refractivity contribution >= 4 is 20.9 Å². The van der Waals surface area contributed by atoms with Crippen molar-refractivity contribution < 1.29 is 31.4 Å². The highest BCUT2D eigenvalue weighted by molar-refractivity contribution is 7.89. The molecule has 11 heteroatoms. The molecule has 0 aliphatic carbocycles. The Labute approximate surface area is 229 Å². The number of fused-ring (bicyclic) bond motifs is 1. The van der Waals surface area contributed by atoms with Crippen LogP contribution in [0.2, 0.25) is 0 Å². The lowest BCUT2D eigenvalue weighted by Crippen LogP contribution is -2.23. The summed E-state index contributed by atoms with van der Waals surface area (Å²) in [6.45, 7) is -0.0474. The maximum Gasteiger partial charge on any atom is 0.244 e. The maximum atomic E-state index is 14.5. The van der Waals surface area contributed by atoms with E-state index in [1.807, 2.05) is 23.9 Å². The number of hydrogen-bond donors (Lipinski definition) is 1. The summed E-state index contributed by atoms with van der Waals surface area (Å²) in [6.07, 6.45) is 3.46. The first-order valence-corrected chi connectivity index (χ1v) is 13.6. The van der Waals surface area contributed by atoms with Gasteiger partial charge in [0.1, 0.15) is 27.7 Å². The molecule has 2 aromatic heterocycles. The number of ether oxygens (including phenoxy) is 3. The Bertz CT molecular complexity index is 1820. The standard InChI is InChI=1S/C29H25F2N3O5S/c1-34-17-22(20-12-13-32-29(38-3)28(20)34)21-14-18(8-10-24(21)39-25-11-9-19(30)15-23(25)31)16-33-40(35,36)27-7-5-4-6-26(27)37-2/h4-15,17,33H,16H2,1-3H3. The van der Waals surface area contributed by atoms with E-state index in [1.54, 1.807) is 42.6 Å². The molecule has 2 heterocycles. The van der Waals surface area contributed by atoms with E-state index >= 15 is 0 Å². The number of nitrogens with one attached hydrogen (secondary N) is 1. The summed E-state index contributed by atoms with van der Waals surface area (Å²) < 4.78 is 75.1. The summed E-state index contributed by atoms with van der Waals surface area (Å²) in [5, 5.41) is 0.783. The van der Waals surface area contributed by atoms with Crippen molar-refractivity contribution in [3.8, 4) is 34.3 Å². The van der Waals surface area contributed by atoms with Crippen molar-refractivity contribution in [3.63, 3.8) is 0 Å². The van der Waals surface area contributed by atoms with Gasteiger partial charge in [-0.25, -0.2) is 26.9 Å². The molecule has 0 saturated heterocycles. The van der Waals surface area contributed by atoms with Crippen LogP contribution in [0.1, 0.15) is 5.56 Å². The molecule has 0 amide bonds. The van der Waals surface area contributed by atoms with E-state index in [4.69, 9.17) is 14.2 Å². The molecule has 0 radical (unpaired) electrons. The molecule has 0 aliphatic rings. The molecular weight excluding hydrogens is 540 g/mol. The van der Waals surface area contributed by atoms with Crippen LogP contribution in [-0.2, 0) is 23.6 Å². The molecule has 0 fully saturated rings. The summed E-state index contributed by atoms with van der Waals surface area (Å²) in [4.78, 5) is 4.29. The zero-order valence-corrected chi connectivity index (χ0v) is 22.6.